The second-order valence-electron chi connectivity index (χ2n) is 4.71. The zero-order chi connectivity index (χ0) is 15.0. The lowest BCUT2D eigenvalue weighted by atomic mass is 10.0. The average Bonchev–Trinajstić information content (AvgIpc) is 2.84. The van der Waals surface area contributed by atoms with Crippen molar-refractivity contribution in [3.63, 3.8) is 0 Å². The van der Waals surface area contributed by atoms with Crippen LogP contribution in [0.5, 0.6) is 0 Å². The standard InChI is InChI=1S/C17H12O3S/c1-10-11-6-4-5-9-14(11)21-16(10)15(18)12-7-2-3-8-13(12)17(19)20/h2-9H,1H3,(H,19,20)/p-1. The van der Waals surface area contributed by atoms with Crippen molar-refractivity contribution in [3.05, 3.63) is 70.1 Å². The molecule has 0 atom stereocenters. The number of carboxylic acid groups (broad SMARTS) is 1. The van der Waals surface area contributed by atoms with Crippen molar-refractivity contribution in [2.75, 3.05) is 0 Å². The minimum absolute atomic E-state index is 0.0700. The predicted octanol–water partition coefficient (Wildman–Crippen LogP) is 2.80. The van der Waals surface area contributed by atoms with Gasteiger partial charge in [0, 0.05) is 15.8 Å². The zero-order valence-corrected chi connectivity index (χ0v) is 12.1. The molecule has 0 unspecified atom stereocenters. The molecule has 0 aliphatic carbocycles. The second kappa shape index (κ2) is 5.14. The summed E-state index contributed by atoms with van der Waals surface area (Å²) in [4.78, 5) is 24.4. The Morgan fingerprint density at radius 1 is 0.952 bits per heavy atom. The summed E-state index contributed by atoms with van der Waals surface area (Å²) >= 11 is 1.38. The Labute approximate surface area is 125 Å². The van der Waals surface area contributed by atoms with E-state index >= 15 is 0 Å². The topological polar surface area (TPSA) is 57.2 Å². The van der Waals surface area contributed by atoms with Crippen LogP contribution in [0.4, 0.5) is 0 Å². The van der Waals surface area contributed by atoms with Crippen LogP contribution in [0.3, 0.4) is 0 Å². The van der Waals surface area contributed by atoms with Gasteiger partial charge in [-0.25, -0.2) is 0 Å². The Morgan fingerprint density at radius 2 is 1.57 bits per heavy atom. The lowest BCUT2D eigenvalue weighted by molar-refractivity contribution is -0.255. The van der Waals surface area contributed by atoms with E-state index in [2.05, 4.69) is 0 Å². The summed E-state index contributed by atoms with van der Waals surface area (Å²) in [7, 11) is 0. The minimum Gasteiger partial charge on any atom is -0.545 e. The number of ketones is 1. The van der Waals surface area contributed by atoms with Crippen molar-refractivity contribution in [2.45, 2.75) is 6.92 Å². The highest BCUT2D eigenvalue weighted by molar-refractivity contribution is 7.21. The third-order valence-corrected chi connectivity index (χ3v) is 4.71. The van der Waals surface area contributed by atoms with Gasteiger partial charge in [0.25, 0.3) is 0 Å². The van der Waals surface area contributed by atoms with Crippen LogP contribution in [0, 0.1) is 6.92 Å². The smallest absolute Gasteiger partial charge is 0.203 e. The number of thiophene rings is 1. The molecule has 0 aliphatic heterocycles. The van der Waals surface area contributed by atoms with Gasteiger partial charge in [-0.3, -0.25) is 4.79 Å². The van der Waals surface area contributed by atoms with E-state index in [9.17, 15) is 14.7 Å². The predicted molar refractivity (Wildman–Crippen MR) is 80.8 cm³/mol. The fraction of sp³-hybridized carbons (Fsp3) is 0.0588. The number of fused-ring (bicyclic) bond motifs is 1. The first-order valence-corrected chi connectivity index (χ1v) is 7.24. The lowest BCUT2D eigenvalue weighted by Crippen LogP contribution is -2.25. The molecule has 104 valence electrons. The van der Waals surface area contributed by atoms with Crippen molar-refractivity contribution in [1.29, 1.82) is 0 Å². The molecular formula is C17H11O3S-. The van der Waals surface area contributed by atoms with Gasteiger partial charge in [0.15, 0.2) is 0 Å². The Hall–Kier alpha value is -2.46. The maximum Gasteiger partial charge on any atom is 0.203 e. The van der Waals surface area contributed by atoms with Gasteiger partial charge in [0.1, 0.15) is 0 Å². The van der Waals surface area contributed by atoms with E-state index < -0.39 is 5.97 Å². The minimum atomic E-state index is -1.34. The summed E-state index contributed by atoms with van der Waals surface area (Å²) in [5.74, 6) is -1.61. The van der Waals surface area contributed by atoms with Gasteiger partial charge < -0.3 is 9.90 Å². The van der Waals surface area contributed by atoms with Crippen molar-refractivity contribution < 1.29 is 14.7 Å². The van der Waals surface area contributed by atoms with Gasteiger partial charge in [0.2, 0.25) is 5.78 Å². The maximum atomic E-state index is 12.7. The van der Waals surface area contributed by atoms with Crippen LogP contribution < -0.4 is 5.11 Å². The molecule has 21 heavy (non-hydrogen) atoms. The fourth-order valence-corrected chi connectivity index (χ4v) is 3.54. The quantitative estimate of drug-likeness (QED) is 0.698. The maximum absolute atomic E-state index is 12.7. The molecule has 3 nitrogen and oxygen atoms in total. The molecular weight excluding hydrogens is 284 g/mol. The molecule has 4 heteroatoms. The molecule has 0 saturated carbocycles. The Balaban J connectivity index is 2.18. The SMILES string of the molecule is Cc1c(C(=O)c2ccccc2C(=O)[O-])sc2ccccc12. The van der Waals surface area contributed by atoms with Gasteiger partial charge in [-0.2, -0.15) is 0 Å². The molecule has 0 spiro atoms. The average molecular weight is 295 g/mol. The largest absolute Gasteiger partial charge is 0.545 e. The number of carbonyl (C=O) groups excluding carboxylic acids is 2. The van der Waals surface area contributed by atoms with Crippen LogP contribution in [0.2, 0.25) is 0 Å². The molecule has 0 fully saturated rings. The molecule has 1 aromatic heterocycles. The van der Waals surface area contributed by atoms with Crippen LogP contribution >= 0.6 is 11.3 Å². The van der Waals surface area contributed by atoms with Crippen LogP contribution in [0.1, 0.15) is 31.2 Å². The normalized spacial score (nSPS) is 10.7. The first kappa shape index (κ1) is 13.5. The highest BCUT2D eigenvalue weighted by Gasteiger charge is 2.19. The van der Waals surface area contributed by atoms with Crippen LogP contribution in [0.25, 0.3) is 10.1 Å². The molecule has 0 aliphatic rings. The van der Waals surface area contributed by atoms with Gasteiger partial charge in [-0.15, -0.1) is 11.3 Å². The molecule has 1 heterocycles. The number of carbonyl (C=O) groups is 2. The lowest BCUT2D eigenvalue weighted by Gasteiger charge is -2.08. The monoisotopic (exact) mass is 295 g/mol. The van der Waals surface area contributed by atoms with Crippen molar-refractivity contribution in [2.24, 2.45) is 0 Å². The number of aromatic carboxylic acids is 1. The second-order valence-corrected chi connectivity index (χ2v) is 5.77. The summed E-state index contributed by atoms with van der Waals surface area (Å²) in [6, 6.07) is 13.9. The van der Waals surface area contributed by atoms with E-state index in [-0.39, 0.29) is 16.9 Å². The summed E-state index contributed by atoms with van der Waals surface area (Å²) in [5.41, 5.74) is 0.986. The van der Waals surface area contributed by atoms with E-state index in [0.717, 1.165) is 15.6 Å². The fourth-order valence-electron chi connectivity index (χ4n) is 2.37. The summed E-state index contributed by atoms with van der Waals surface area (Å²) < 4.78 is 1.02. The molecule has 0 bridgehead atoms. The molecule has 2 aromatic carbocycles. The van der Waals surface area contributed by atoms with Crippen LogP contribution in [-0.2, 0) is 0 Å². The van der Waals surface area contributed by atoms with Crippen LogP contribution in [-0.4, -0.2) is 11.8 Å². The van der Waals surface area contributed by atoms with E-state index in [1.807, 2.05) is 31.2 Å². The number of aryl methyl sites for hydroxylation is 1. The first-order valence-electron chi connectivity index (χ1n) is 6.43. The summed E-state index contributed by atoms with van der Waals surface area (Å²) in [5, 5.41) is 12.2. The number of hydrogen-bond acceptors (Lipinski definition) is 4. The Kier molecular flexibility index (Phi) is 3.31. The zero-order valence-electron chi connectivity index (χ0n) is 11.3. The number of benzene rings is 2. The van der Waals surface area contributed by atoms with Crippen molar-refractivity contribution >= 4 is 33.2 Å². The molecule has 0 radical (unpaired) electrons. The third-order valence-electron chi connectivity index (χ3n) is 3.44. The number of rotatable bonds is 3. The van der Waals surface area contributed by atoms with Gasteiger partial charge >= 0.3 is 0 Å². The van der Waals surface area contributed by atoms with Crippen molar-refractivity contribution in [3.8, 4) is 0 Å². The number of hydrogen-bond donors (Lipinski definition) is 0. The third kappa shape index (κ3) is 2.23. The van der Waals surface area contributed by atoms with Crippen LogP contribution in [0.15, 0.2) is 48.5 Å². The molecule has 3 aromatic rings. The number of carboxylic acids is 1. The van der Waals surface area contributed by atoms with E-state index in [4.69, 9.17) is 0 Å². The van der Waals surface area contributed by atoms with E-state index in [0.29, 0.717) is 4.88 Å². The Bertz CT molecular complexity index is 861. The molecule has 3 rings (SSSR count). The summed E-state index contributed by atoms with van der Waals surface area (Å²) in [6.45, 7) is 1.88. The van der Waals surface area contributed by atoms with E-state index in [1.165, 1.54) is 23.5 Å². The van der Waals surface area contributed by atoms with Gasteiger partial charge in [-0.05, 0) is 23.9 Å². The molecule has 0 amide bonds. The Morgan fingerprint density at radius 3 is 2.24 bits per heavy atom. The highest BCUT2D eigenvalue weighted by atomic mass is 32.1. The first-order chi connectivity index (χ1) is 10.1. The van der Waals surface area contributed by atoms with Gasteiger partial charge in [-0.1, -0.05) is 42.5 Å². The van der Waals surface area contributed by atoms with E-state index in [1.54, 1.807) is 12.1 Å². The van der Waals surface area contributed by atoms with Gasteiger partial charge in [0.05, 0.1) is 10.8 Å². The van der Waals surface area contributed by atoms with Crippen molar-refractivity contribution in [1.82, 2.24) is 0 Å². The highest BCUT2D eigenvalue weighted by Crippen LogP contribution is 2.32. The summed E-state index contributed by atoms with van der Waals surface area (Å²) in [6.07, 6.45) is 0. The molecule has 0 N–H and O–H groups in total. The molecule has 0 saturated heterocycles.